The number of hydrogen-bond acceptors (Lipinski definition) is 4. The van der Waals surface area contributed by atoms with Crippen molar-refractivity contribution in [3.05, 3.63) is 68.1 Å². The standard InChI is InChI=1S/C22H21BrN2O2S/c1-13-9-20-24-22(16-5-6-18(26-3)19(11-16)27-4)17(10-15-7-8-28-12-15)25(20)14(2)21(13)23/h5-9,11-12H,10H2,1-4H3. The number of nitrogens with zero attached hydrogens (tertiary/aromatic N) is 2. The third-order valence-electron chi connectivity index (χ3n) is 4.95. The minimum atomic E-state index is 0.702. The highest BCUT2D eigenvalue weighted by Gasteiger charge is 2.19. The van der Waals surface area contributed by atoms with E-state index < -0.39 is 0 Å². The van der Waals surface area contributed by atoms with Gasteiger partial charge in [0, 0.05) is 22.2 Å². The molecular weight excluding hydrogens is 436 g/mol. The molecule has 4 nitrogen and oxygen atoms in total. The molecule has 0 bridgehead atoms. The van der Waals surface area contributed by atoms with E-state index in [4.69, 9.17) is 14.5 Å². The van der Waals surface area contributed by atoms with Crippen LogP contribution in [0.2, 0.25) is 0 Å². The van der Waals surface area contributed by atoms with Gasteiger partial charge in [-0.25, -0.2) is 4.98 Å². The molecule has 3 aromatic heterocycles. The Morgan fingerprint density at radius 3 is 2.54 bits per heavy atom. The number of aromatic nitrogens is 2. The lowest BCUT2D eigenvalue weighted by Crippen LogP contribution is -2.01. The third kappa shape index (κ3) is 3.20. The zero-order valence-electron chi connectivity index (χ0n) is 16.2. The van der Waals surface area contributed by atoms with Gasteiger partial charge in [0.2, 0.25) is 0 Å². The van der Waals surface area contributed by atoms with Crippen molar-refractivity contribution in [3.8, 4) is 22.8 Å². The van der Waals surface area contributed by atoms with Gasteiger partial charge in [-0.3, -0.25) is 4.40 Å². The predicted octanol–water partition coefficient (Wildman–Crippen LogP) is 6.05. The zero-order valence-corrected chi connectivity index (χ0v) is 18.6. The summed E-state index contributed by atoms with van der Waals surface area (Å²) in [5.41, 5.74) is 7.71. The van der Waals surface area contributed by atoms with Crippen molar-refractivity contribution >= 4 is 32.9 Å². The molecule has 28 heavy (non-hydrogen) atoms. The van der Waals surface area contributed by atoms with Gasteiger partial charge in [0.05, 0.1) is 25.6 Å². The summed E-state index contributed by atoms with van der Waals surface area (Å²) in [4.78, 5) is 5.01. The Morgan fingerprint density at radius 1 is 1.07 bits per heavy atom. The first-order valence-corrected chi connectivity index (χ1v) is 10.7. The van der Waals surface area contributed by atoms with Crippen molar-refractivity contribution in [3.63, 3.8) is 0 Å². The molecule has 0 amide bonds. The van der Waals surface area contributed by atoms with Crippen molar-refractivity contribution in [2.75, 3.05) is 14.2 Å². The minimum Gasteiger partial charge on any atom is -0.493 e. The van der Waals surface area contributed by atoms with Crippen LogP contribution in [0.4, 0.5) is 0 Å². The molecular formula is C22H21BrN2O2S. The largest absolute Gasteiger partial charge is 0.493 e. The van der Waals surface area contributed by atoms with Crippen LogP contribution < -0.4 is 9.47 Å². The van der Waals surface area contributed by atoms with Crippen LogP contribution in [-0.4, -0.2) is 23.6 Å². The Balaban J connectivity index is 1.98. The maximum Gasteiger partial charge on any atom is 0.161 e. The van der Waals surface area contributed by atoms with Crippen molar-refractivity contribution < 1.29 is 9.47 Å². The van der Waals surface area contributed by atoms with E-state index >= 15 is 0 Å². The normalized spacial score (nSPS) is 11.2. The lowest BCUT2D eigenvalue weighted by atomic mass is 10.1. The first-order chi connectivity index (χ1) is 13.5. The van der Waals surface area contributed by atoms with E-state index in [0.717, 1.165) is 33.5 Å². The summed E-state index contributed by atoms with van der Waals surface area (Å²) in [5.74, 6) is 1.41. The quantitative estimate of drug-likeness (QED) is 0.366. The Morgan fingerprint density at radius 2 is 1.86 bits per heavy atom. The number of benzene rings is 1. The van der Waals surface area contributed by atoms with Crippen LogP contribution in [0.1, 0.15) is 22.5 Å². The van der Waals surface area contributed by atoms with E-state index in [2.05, 4.69) is 57.1 Å². The molecule has 0 aliphatic heterocycles. The molecule has 0 aliphatic rings. The van der Waals surface area contributed by atoms with Crippen LogP contribution in [-0.2, 0) is 6.42 Å². The molecule has 0 radical (unpaired) electrons. The zero-order chi connectivity index (χ0) is 19.8. The maximum atomic E-state index is 5.51. The smallest absolute Gasteiger partial charge is 0.161 e. The van der Waals surface area contributed by atoms with Gasteiger partial charge < -0.3 is 9.47 Å². The van der Waals surface area contributed by atoms with Crippen LogP contribution in [0.5, 0.6) is 11.5 Å². The summed E-state index contributed by atoms with van der Waals surface area (Å²) in [6.45, 7) is 4.22. The topological polar surface area (TPSA) is 35.8 Å². The summed E-state index contributed by atoms with van der Waals surface area (Å²) >= 11 is 5.45. The SMILES string of the molecule is COc1ccc(-c2nc3cc(C)c(Br)c(C)n3c2Cc2ccsc2)cc1OC. The number of rotatable bonds is 5. The molecule has 4 rings (SSSR count). The molecule has 1 aromatic carbocycles. The van der Waals surface area contributed by atoms with Crippen LogP contribution in [0.25, 0.3) is 16.9 Å². The molecule has 144 valence electrons. The first kappa shape index (κ1) is 19.0. The highest BCUT2D eigenvalue weighted by atomic mass is 79.9. The van der Waals surface area contributed by atoms with Crippen molar-refractivity contribution in [1.29, 1.82) is 0 Å². The van der Waals surface area contributed by atoms with E-state index in [-0.39, 0.29) is 0 Å². The molecule has 0 saturated carbocycles. The lowest BCUT2D eigenvalue weighted by Gasteiger charge is -2.12. The fourth-order valence-corrected chi connectivity index (χ4v) is 4.51. The summed E-state index contributed by atoms with van der Waals surface area (Å²) in [7, 11) is 3.30. The van der Waals surface area contributed by atoms with E-state index in [0.29, 0.717) is 11.5 Å². The van der Waals surface area contributed by atoms with Crippen molar-refractivity contribution in [2.24, 2.45) is 0 Å². The van der Waals surface area contributed by atoms with E-state index in [1.54, 1.807) is 25.6 Å². The molecule has 3 heterocycles. The number of fused-ring (bicyclic) bond motifs is 1. The predicted molar refractivity (Wildman–Crippen MR) is 118 cm³/mol. The summed E-state index contributed by atoms with van der Waals surface area (Å²) < 4.78 is 14.3. The number of aryl methyl sites for hydroxylation is 2. The number of hydrogen-bond donors (Lipinski definition) is 0. The second kappa shape index (κ2) is 7.60. The summed E-state index contributed by atoms with van der Waals surface area (Å²) in [6.07, 6.45) is 0.810. The molecule has 0 atom stereocenters. The summed E-state index contributed by atoms with van der Waals surface area (Å²) in [5, 5.41) is 4.30. The van der Waals surface area contributed by atoms with Gasteiger partial charge >= 0.3 is 0 Å². The number of imidazole rings is 1. The fraction of sp³-hybridized carbons (Fsp3) is 0.227. The van der Waals surface area contributed by atoms with Crippen LogP contribution in [0.3, 0.4) is 0 Å². The minimum absolute atomic E-state index is 0.702. The number of pyridine rings is 1. The van der Waals surface area contributed by atoms with Gasteiger partial charge in [-0.15, -0.1) is 0 Å². The van der Waals surface area contributed by atoms with Gasteiger partial charge in [0.25, 0.3) is 0 Å². The van der Waals surface area contributed by atoms with Crippen LogP contribution in [0.15, 0.2) is 45.6 Å². The lowest BCUT2D eigenvalue weighted by molar-refractivity contribution is 0.355. The Hall–Kier alpha value is -2.31. The van der Waals surface area contributed by atoms with Crippen LogP contribution >= 0.6 is 27.3 Å². The average Bonchev–Trinajstić information content (AvgIpc) is 3.34. The molecule has 0 aliphatic carbocycles. The molecule has 4 aromatic rings. The monoisotopic (exact) mass is 456 g/mol. The molecule has 0 N–H and O–H groups in total. The Labute approximate surface area is 176 Å². The fourth-order valence-electron chi connectivity index (χ4n) is 3.55. The highest BCUT2D eigenvalue weighted by molar-refractivity contribution is 9.10. The number of methoxy groups -OCH3 is 2. The number of halogens is 1. The highest BCUT2D eigenvalue weighted by Crippen LogP contribution is 2.36. The molecule has 0 fully saturated rings. The average molecular weight is 457 g/mol. The van der Waals surface area contributed by atoms with Gasteiger partial charge in [-0.1, -0.05) is 0 Å². The molecule has 0 unspecified atom stereocenters. The van der Waals surface area contributed by atoms with Gasteiger partial charge in [0.1, 0.15) is 5.65 Å². The third-order valence-corrected chi connectivity index (χ3v) is 6.88. The van der Waals surface area contributed by atoms with Crippen molar-refractivity contribution in [2.45, 2.75) is 20.3 Å². The van der Waals surface area contributed by atoms with E-state index in [1.807, 2.05) is 18.2 Å². The van der Waals surface area contributed by atoms with Gasteiger partial charge in [-0.2, -0.15) is 11.3 Å². The molecule has 0 saturated heterocycles. The van der Waals surface area contributed by atoms with Crippen LogP contribution in [0, 0.1) is 13.8 Å². The molecule has 0 spiro atoms. The molecule has 6 heteroatoms. The van der Waals surface area contributed by atoms with Gasteiger partial charge in [0.15, 0.2) is 11.5 Å². The summed E-state index contributed by atoms with van der Waals surface area (Å²) in [6, 6.07) is 10.3. The second-order valence-corrected chi connectivity index (χ2v) is 8.28. The first-order valence-electron chi connectivity index (χ1n) is 8.94. The second-order valence-electron chi connectivity index (χ2n) is 6.71. The number of ether oxygens (including phenoxy) is 2. The van der Waals surface area contributed by atoms with Gasteiger partial charge in [-0.05, 0) is 82.0 Å². The Kier molecular flexibility index (Phi) is 5.17. The Bertz CT molecular complexity index is 1150. The maximum absolute atomic E-state index is 5.51. The van der Waals surface area contributed by atoms with E-state index in [9.17, 15) is 0 Å². The number of thiophene rings is 1. The van der Waals surface area contributed by atoms with E-state index in [1.165, 1.54) is 16.8 Å². The van der Waals surface area contributed by atoms with Crippen molar-refractivity contribution in [1.82, 2.24) is 9.38 Å².